The van der Waals surface area contributed by atoms with E-state index in [1.807, 2.05) is 6.92 Å². The highest BCUT2D eigenvalue weighted by molar-refractivity contribution is 7.80. The highest BCUT2D eigenvalue weighted by Gasteiger charge is 2.27. The molecular formula is C12H14FNOS. The number of hydrogen-bond donors (Lipinski definition) is 1. The summed E-state index contributed by atoms with van der Waals surface area (Å²) >= 11 is 4.12. The summed E-state index contributed by atoms with van der Waals surface area (Å²) in [4.78, 5) is 14.4. The van der Waals surface area contributed by atoms with E-state index in [9.17, 15) is 9.18 Å². The molecule has 1 saturated heterocycles. The molecule has 0 radical (unpaired) electrons. The molecule has 1 amide bonds. The lowest BCUT2D eigenvalue weighted by Crippen LogP contribution is -2.34. The number of carbonyl (C=O) groups excluding carboxylic acids is 1. The summed E-state index contributed by atoms with van der Waals surface area (Å²) < 4.78 is 13.5. The molecule has 1 aromatic carbocycles. The molecule has 2 rings (SSSR count). The topological polar surface area (TPSA) is 20.3 Å². The van der Waals surface area contributed by atoms with Crippen LogP contribution >= 0.6 is 12.6 Å². The SMILES string of the molecule is CC1CCCN1C(=O)c1cc(S)ccc1F. The maximum absolute atomic E-state index is 13.5. The van der Waals surface area contributed by atoms with Crippen molar-refractivity contribution in [2.24, 2.45) is 0 Å². The second-order valence-electron chi connectivity index (χ2n) is 4.15. The first-order valence-electron chi connectivity index (χ1n) is 5.39. The molecule has 2 nitrogen and oxygen atoms in total. The Morgan fingerprint density at radius 2 is 2.31 bits per heavy atom. The Labute approximate surface area is 99.9 Å². The zero-order chi connectivity index (χ0) is 11.7. The van der Waals surface area contributed by atoms with Gasteiger partial charge in [0, 0.05) is 17.5 Å². The van der Waals surface area contributed by atoms with E-state index >= 15 is 0 Å². The minimum atomic E-state index is -0.470. The van der Waals surface area contributed by atoms with Crippen LogP contribution in [0.5, 0.6) is 0 Å². The van der Waals surface area contributed by atoms with Gasteiger partial charge >= 0.3 is 0 Å². The van der Waals surface area contributed by atoms with E-state index in [0.29, 0.717) is 4.90 Å². The molecular weight excluding hydrogens is 225 g/mol. The van der Waals surface area contributed by atoms with Crippen LogP contribution in [0.3, 0.4) is 0 Å². The largest absolute Gasteiger partial charge is 0.336 e. The lowest BCUT2D eigenvalue weighted by atomic mass is 10.1. The number of hydrogen-bond acceptors (Lipinski definition) is 2. The first-order chi connectivity index (χ1) is 7.59. The summed E-state index contributed by atoms with van der Waals surface area (Å²) in [6.45, 7) is 2.71. The summed E-state index contributed by atoms with van der Waals surface area (Å²) in [7, 11) is 0. The Balaban J connectivity index is 2.29. The van der Waals surface area contributed by atoms with E-state index in [1.165, 1.54) is 12.1 Å². The molecule has 1 heterocycles. The number of halogens is 1. The second-order valence-corrected chi connectivity index (χ2v) is 4.67. The number of thiol groups is 1. The summed E-state index contributed by atoms with van der Waals surface area (Å²) in [6, 6.07) is 4.53. The highest BCUT2D eigenvalue weighted by atomic mass is 32.1. The van der Waals surface area contributed by atoms with Crippen molar-refractivity contribution in [3.8, 4) is 0 Å². The van der Waals surface area contributed by atoms with Gasteiger partial charge in [0.1, 0.15) is 5.82 Å². The van der Waals surface area contributed by atoms with Crippen molar-refractivity contribution in [2.45, 2.75) is 30.7 Å². The standard InChI is InChI=1S/C12H14FNOS/c1-8-3-2-6-14(8)12(15)10-7-9(16)4-5-11(10)13/h4-5,7-8,16H,2-3,6H2,1H3. The number of carbonyl (C=O) groups is 1. The molecule has 1 aromatic rings. The normalized spacial score (nSPS) is 20.2. The average molecular weight is 239 g/mol. The second kappa shape index (κ2) is 4.45. The Bertz CT molecular complexity index is 421. The smallest absolute Gasteiger partial charge is 0.257 e. The molecule has 1 aliphatic rings. The van der Waals surface area contributed by atoms with Gasteiger partial charge in [-0.05, 0) is 38.0 Å². The lowest BCUT2D eigenvalue weighted by Gasteiger charge is -2.21. The van der Waals surface area contributed by atoms with Gasteiger partial charge in [0.15, 0.2) is 0 Å². The highest BCUT2D eigenvalue weighted by Crippen LogP contribution is 2.22. The van der Waals surface area contributed by atoms with Gasteiger partial charge in [0.05, 0.1) is 5.56 Å². The van der Waals surface area contributed by atoms with Crippen molar-refractivity contribution >= 4 is 18.5 Å². The van der Waals surface area contributed by atoms with E-state index in [-0.39, 0.29) is 17.5 Å². The van der Waals surface area contributed by atoms with Crippen LogP contribution in [0.4, 0.5) is 4.39 Å². The third kappa shape index (κ3) is 2.07. The third-order valence-corrected chi connectivity index (χ3v) is 3.27. The van der Waals surface area contributed by atoms with Crippen LogP contribution in [0.25, 0.3) is 0 Å². The van der Waals surface area contributed by atoms with Crippen molar-refractivity contribution in [1.82, 2.24) is 4.90 Å². The van der Waals surface area contributed by atoms with Crippen molar-refractivity contribution in [3.63, 3.8) is 0 Å². The molecule has 4 heteroatoms. The van der Waals surface area contributed by atoms with E-state index < -0.39 is 5.82 Å². The van der Waals surface area contributed by atoms with Crippen LogP contribution in [0.15, 0.2) is 23.1 Å². The molecule has 0 spiro atoms. The maximum Gasteiger partial charge on any atom is 0.257 e. The minimum Gasteiger partial charge on any atom is -0.336 e. The molecule has 1 aliphatic heterocycles. The van der Waals surface area contributed by atoms with Crippen molar-refractivity contribution in [3.05, 3.63) is 29.6 Å². The number of amides is 1. The Kier molecular flexibility index (Phi) is 3.19. The van der Waals surface area contributed by atoms with Gasteiger partial charge in [-0.25, -0.2) is 4.39 Å². The third-order valence-electron chi connectivity index (χ3n) is 2.99. The molecule has 0 N–H and O–H groups in total. The fraction of sp³-hybridized carbons (Fsp3) is 0.417. The van der Waals surface area contributed by atoms with Gasteiger partial charge in [0.2, 0.25) is 0 Å². The van der Waals surface area contributed by atoms with Gasteiger partial charge in [0.25, 0.3) is 5.91 Å². The maximum atomic E-state index is 13.5. The number of rotatable bonds is 1. The minimum absolute atomic E-state index is 0.126. The van der Waals surface area contributed by atoms with Crippen LogP contribution in [0.2, 0.25) is 0 Å². The lowest BCUT2D eigenvalue weighted by molar-refractivity contribution is 0.0742. The van der Waals surface area contributed by atoms with Gasteiger partial charge in [-0.3, -0.25) is 4.79 Å². The van der Waals surface area contributed by atoms with Gasteiger partial charge in [-0.2, -0.15) is 0 Å². The van der Waals surface area contributed by atoms with Crippen LogP contribution in [0.1, 0.15) is 30.1 Å². The molecule has 0 aromatic heterocycles. The monoisotopic (exact) mass is 239 g/mol. The van der Waals surface area contributed by atoms with Crippen molar-refractivity contribution in [1.29, 1.82) is 0 Å². The summed E-state index contributed by atoms with van der Waals surface area (Å²) in [5.74, 6) is -0.694. The zero-order valence-corrected chi connectivity index (χ0v) is 10.0. The first-order valence-corrected chi connectivity index (χ1v) is 5.84. The zero-order valence-electron chi connectivity index (χ0n) is 9.11. The first kappa shape index (κ1) is 11.5. The number of likely N-dealkylation sites (tertiary alicyclic amines) is 1. The van der Waals surface area contributed by atoms with Crippen LogP contribution < -0.4 is 0 Å². The predicted octanol–water partition coefficient (Wildman–Crippen LogP) is 2.74. The number of benzene rings is 1. The summed E-state index contributed by atoms with van der Waals surface area (Å²) in [6.07, 6.45) is 1.99. The van der Waals surface area contributed by atoms with Crippen LogP contribution in [-0.4, -0.2) is 23.4 Å². The van der Waals surface area contributed by atoms with Crippen LogP contribution in [-0.2, 0) is 0 Å². The van der Waals surface area contributed by atoms with E-state index in [2.05, 4.69) is 12.6 Å². The molecule has 16 heavy (non-hydrogen) atoms. The van der Waals surface area contributed by atoms with Gasteiger partial charge in [-0.15, -0.1) is 12.6 Å². The van der Waals surface area contributed by atoms with E-state index in [4.69, 9.17) is 0 Å². The molecule has 86 valence electrons. The summed E-state index contributed by atoms with van der Waals surface area (Å²) in [5, 5.41) is 0. The van der Waals surface area contributed by atoms with E-state index in [1.54, 1.807) is 11.0 Å². The van der Waals surface area contributed by atoms with Gasteiger partial charge in [-0.1, -0.05) is 0 Å². The quantitative estimate of drug-likeness (QED) is 0.747. The van der Waals surface area contributed by atoms with Gasteiger partial charge < -0.3 is 4.90 Å². The molecule has 0 bridgehead atoms. The fourth-order valence-electron chi connectivity index (χ4n) is 2.07. The average Bonchev–Trinajstić information content (AvgIpc) is 2.67. The summed E-state index contributed by atoms with van der Waals surface area (Å²) in [5.41, 5.74) is 0.126. The Morgan fingerprint density at radius 3 is 2.94 bits per heavy atom. The molecule has 1 unspecified atom stereocenters. The molecule has 0 aliphatic carbocycles. The number of nitrogens with zero attached hydrogens (tertiary/aromatic N) is 1. The molecule has 0 saturated carbocycles. The predicted molar refractivity (Wildman–Crippen MR) is 63.4 cm³/mol. The van der Waals surface area contributed by atoms with Crippen LogP contribution in [0, 0.1) is 5.82 Å². The Hall–Kier alpha value is -1.03. The Morgan fingerprint density at radius 1 is 1.56 bits per heavy atom. The molecule has 1 fully saturated rings. The van der Waals surface area contributed by atoms with E-state index in [0.717, 1.165) is 19.4 Å². The molecule has 1 atom stereocenters. The van der Waals surface area contributed by atoms with Crippen molar-refractivity contribution in [2.75, 3.05) is 6.54 Å². The van der Waals surface area contributed by atoms with Crippen molar-refractivity contribution < 1.29 is 9.18 Å². The fourth-order valence-corrected chi connectivity index (χ4v) is 2.27.